The van der Waals surface area contributed by atoms with Crippen LogP contribution in [-0.2, 0) is 19.4 Å². The van der Waals surface area contributed by atoms with Gasteiger partial charge < -0.3 is 5.11 Å². The number of aliphatic hydroxyl groups is 1. The molecule has 0 aliphatic heterocycles. The van der Waals surface area contributed by atoms with Crippen LogP contribution in [0.5, 0.6) is 0 Å². The molecule has 0 bridgehead atoms. The van der Waals surface area contributed by atoms with Gasteiger partial charge in [-0.25, -0.2) is 0 Å². The molecule has 1 rings (SSSR count). The first-order valence-corrected chi connectivity index (χ1v) is 4.91. The summed E-state index contributed by atoms with van der Waals surface area (Å²) in [6, 6.07) is 2.08. The van der Waals surface area contributed by atoms with Crippen molar-refractivity contribution in [3.8, 4) is 0 Å². The van der Waals surface area contributed by atoms with Crippen molar-refractivity contribution < 1.29 is 5.11 Å². The zero-order valence-electron chi connectivity index (χ0n) is 8.62. The lowest BCUT2D eigenvalue weighted by atomic mass is 10.2. The third-order valence-corrected chi connectivity index (χ3v) is 2.08. The molecule has 1 aromatic heterocycles. The number of hydrogen-bond acceptors (Lipinski definition) is 2. The second-order valence-electron chi connectivity index (χ2n) is 3.35. The van der Waals surface area contributed by atoms with E-state index in [9.17, 15) is 5.11 Å². The molecule has 3 heteroatoms. The van der Waals surface area contributed by atoms with E-state index in [0.717, 1.165) is 24.4 Å². The van der Waals surface area contributed by atoms with Crippen LogP contribution in [0, 0.1) is 0 Å². The zero-order valence-corrected chi connectivity index (χ0v) is 8.62. The van der Waals surface area contributed by atoms with Crippen molar-refractivity contribution in [2.75, 3.05) is 0 Å². The van der Waals surface area contributed by atoms with Crippen LogP contribution >= 0.6 is 0 Å². The first kappa shape index (κ1) is 10.3. The van der Waals surface area contributed by atoms with Gasteiger partial charge in [0.2, 0.25) is 0 Å². The number of rotatable bonds is 4. The van der Waals surface area contributed by atoms with Gasteiger partial charge in [-0.3, -0.25) is 4.68 Å². The van der Waals surface area contributed by atoms with Crippen LogP contribution in [0.15, 0.2) is 6.07 Å². The first-order chi connectivity index (χ1) is 6.17. The lowest BCUT2D eigenvalue weighted by Gasteiger charge is -2.05. The van der Waals surface area contributed by atoms with Crippen LogP contribution in [0.1, 0.15) is 32.2 Å². The Bertz CT molecular complexity index is 266. The molecule has 3 nitrogen and oxygen atoms in total. The molecular weight excluding hydrogens is 164 g/mol. The highest BCUT2D eigenvalue weighted by molar-refractivity contribution is 5.11. The van der Waals surface area contributed by atoms with E-state index in [1.807, 2.05) is 4.68 Å². The van der Waals surface area contributed by atoms with Gasteiger partial charge in [-0.05, 0) is 26.3 Å². The molecule has 1 N–H and O–H groups in total. The summed E-state index contributed by atoms with van der Waals surface area (Å²) >= 11 is 0. The SMILES string of the molecule is CCc1cc(CC(C)O)n(CC)n1. The summed E-state index contributed by atoms with van der Waals surface area (Å²) in [4.78, 5) is 0. The van der Waals surface area contributed by atoms with E-state index in [4.69, 9.17) is 0 Å². The molecule has 0 aliphatic rings. The molecule has 74 valence electrons. The quantitative estimate of drug-likeness (QED) is 0.764. The summed E-state index contributed by atoms with van der Waals surface area (Å²) in [6.45, 7) is 6.84. The molecule has 0 spiro atoms. The van der Waals surface area contributed by atoms with E-state index < -0.39 is 0 Å². The van der Waals surface area contributed by atoms with Gasteiger partial charge in [0.05, 0.1) is 11.8 Å². The minimum atomic E-state index is -0.285. The molecule has 0 radical (unpaired) electrons. The predicted octanol–water partition coefficient (Wildman–Crippen LogP) is 1.39. The Balaban J connectivity index is 2.84. The molecule has 0 aromatic carbocycles. The van der Waals surface area contributed by atoms with E-state index in [1.165, 1.54) is 0 Å². The largest absolute Gasteiger partial charge is 0.393 e. The molecule has 1 aromatic rings. The molecule has 13 heavy (non-hydrogen) atoms. The van der Waals surface area contributed by atoms with E-state index in [0.29, 0.717) is 6.42 Å². The Morgan fingerprint density at radius 2 is 2.23 bits per heavy atom. The number of aromatic nitrogens is 2. The normalized spacial score (nSPS) is 13.2. The molecule has 0 amide bonds. The van der Waals surface area contributed by atoms with Crippen molar-refractivity contribution >= 4 is 0 Å². The van der Waals surface area contributed by atoms with Crippen molar-refractivity contribution in [2.45, 2.75) is 46.3 Å². The highest BCUT2D eigenvalue weighted by Crippen LogP contribution is 2.08. The van der Waals surface area contributed by atoms with Gasteiger partial charge in [0.1, 0.15) is 0 Å². The lowest BCUT2D eigenvalue weighted by molar-refractivity contribution is 0.192. The fraction of sp³-hybridized carbons (Fsp3) is 0.700. The molecule has 1 atom stereocenters. The van der Waals surface area contributed by atoms with Crippen LogP contribution in [0.25, 0.3) is 0 Å². The number of aryl methyl sites for hydroxylation is 2. The summed E-state index contributed by atoms with van der Waals surface area (Å²) in [5.74, 6) is 0. The summed E-state index contributed by atoms with van der Waals surface area (Å²) in [7, 11) is 0. The maximum atomic E-state index is 9.27. The average Bonchev–Trinajstić information content (AvgIpc) is 2.46. The minimum Gasteiger partial charge on any atom is -0.393 e. The van der Waals surface area contributed by atoms with Crippen molar-refractivity contribution in [1.29, 1.82) is 0 Å². The molecule has 0 aliphatic carbocycles. The van der Waals surface area contributed by atoms with Gasteiger partial charge in [-0.15, -0.1) is 0 Å². The maximum Gasteiger partial charge on any atom is 0.0624 e. The minimum absolute atomic E-state index is 0.285. The van der Waals surface area contributed by atoms with Gasteiger partial charge in [0, 0.05) is 18.7 Å². The number of hydrogen-bond donors (Lipinski definition) is 1. The van der Waals surface area contributed by atoms with E-state index in [1.54, 1.807) is 6.92 Å². The highest BCUT2D eigenvalue weighted by atomic mass is 16.3. The van der Waals surface area contributed by atoms with Gasteiger partial charge in [-0.2, -0.15) is 5.10 Å². The fourth-order valence-electron chi connectivity index (χ4n) is 1.43. The molecule has 0 saturated carbocycles. The highest BCUT2D eigenvalue weighted by Gasteiger charge is 2.07. The second-order valence-corrected chi connectivity index (χ2v) is 3.35. The number of aliphatic hydroxyl groups excluding tert-OH is 1. The van der Waals surface area contributed by atoms with Gasteiger partial charge >= 0.3 is 0 Å². The monoisotopic (exact) mass is 182 g/mol. The first-order valence-electron chi connectivity index (χ1n) is 4.91. The third kappa shape index (κ3) is 2.56. The van der Waals surface area contributed by atoms with Crippen LogP contribution in [0.3, 0.4) is 0 Å². The van der Waals surface area contributed by atoms with E-state index in [2.05, 4.69) is 25.0 Å². The van der Waals surface area contributed by atoms with Crippen LogP contribution in [0.4, 0.5) is 0 Å². The van der Waals surface area contributed by atoms with E-state index >= 15 is 0 Å². The van der Waals surface area contributed by atoms with Gasteiger partial charge in [0.25, 0.3) is 0 Å². The van der Waals surface area contributed by atoms with Crippen LogP contribution < -0.4 is 0 Å². The summed E-state index contributed by atoms with van der Waals surface area (Å²) in [5.41, 5.74) is 2.24. The smallest absolute Gasteiger partial charge is 0.0624 e. The van der Waals surface area contributed by atoms with Crippen molar-refractivity contribution in [2.24, 2.45) is 0 Å². The maximum absolute atomic E-state index is 9.27. The topological polar surface area (TPSA) is 38.0 Å². The summed E-state index contributed by atoms with van der Waals surface area (Å²) in [6.07, 6.45) is 1.37. The average molecular weight is 182 g/mol. The standard InChI is InChI=1S/C10H18N2O/c1-4-9-7-10(6-8(3)13)12(5-2)11-9/h7-8,13H,4-6H2,1-3H3. The van der Waals surface area contributed by atoms with Gasteiger partial charge in [0.15, 0.2) is 0 Å². The van der Waals surface area contributed by atoms with Crippen LogP contribution in [-0.4, -0.2) is 21.0 Å². The second kappa shape index (κ2) is 4.42. The fourth-order valence-corrected chi connectivity index (χ4v) is 1.43. The summed E-state index contributed by atoms with van der Waals surface area (Å²) in [5, 5.41) is 13.7. The Hall–Kier alpha value is -0.830. The van der Waals surface area contributed by atoms with E-state index in [-0.39, 0.29) is 6.10 Å². The molecule has 1 heterocycles. The molecule has 1 unspecified atom stereocenters. The van der Waals surface area contributed by atoms with Crippen molar-refractivity contribution in [3.05, 3.63) is 17.5 Å². The Morgan fingerprint density at radius 3 is 2.69 bits per heavy atom. The summed E-state index contributed by atoms with van der Waals surface area (Å²) < 4.78 is 1.96. The zero-order chi connectivity index (χ0) is 9.84. The molecular formula is C10H18N2O. The van der Waals surface area contributed by atoms with Crippen LogP contribution in [0.2, 0.25) is 0 Å². The molecule has 0 saturated heterocycles. The number of nitrogens with zero attached hydrogens (tertiary/aromatic N) is 2. The lowest BCUT2D eigenvalue weighted by Crippen LogP contribution is -2.10. The third-order valence-electron chi connectivity index (χ3n) is 2.08. The Morgan fingerprint density at radius 1 is 1.54 bits per heavy atom. The Kier molecular flexibility index (Phi) is 3.48. The Labute approximate surface area is 79.4 Å². The van der Waals surface area contributed by atoms with Gasteiger partial charge in [-0.1, -0.05) is 6.92 Å². The van der Waals surface area contributed by atoms with Crippen molar-refractivity contribution in [1.82, 2.24) is 9.78 Å². The molecule has 0 fully saturated rings. The predicted molar refractivity (Wildman–Crippen MR) is 52.7 cm³/mol. The van der Waals surface area contributed by atoms with Crippen molar-refractivity contribution in [3.63, 3.8) is 0 Å².